The molecule has 4 heterocycles. The van der Waals surface area contributed by atoms with Crippen LogP contribution in [-0.4, -0.2) is 4.40 Å². The maximum Gasteiger partial charge on any atom is 0.160 e. The highest BCUT2D eigenvalue weighted by molar-refractivity contribution is 6.36. The minimum Gasteiger partial charge on any atom is -0.454 e. The van der Waals surface area contributed by atoms with E-state index in [0.717, 1.165) is 116 Å². The predicted molar refractivity (Wildman–Crippen MR) is 245 cm³/mol. The number of para-hydroxylation sites is 5. The number of hydrogen-bond acceptors (Lipinski definition) is 4. The fraction of sp³-hybridized carbons (Fsp3) is 0. The molecule has 0 radical (unpaired) electrons. The van der Waals surface area contributed by atoms with Crippen LogP contribution in [-0.2, 0) is 0 Å². The van der Waals surface area contributed by atoms with Crippen molar-refractivity contribution >= 4 is 116 Å². The number of halogens is 2. The molecule has 0 fully saturated rings. The molecular weight excluding hydrogens is 761 g/mol. The van der Waals surface area contributed by atoms with Crippen LogP contribution in [0.5, 0.6) is 0 Å². The number of aromatic nitrogens is 1. The number of fused-ring (bicyclic) bond motifs is 14. The Kier molecular flexibility index (Phi) is 7.02. The Balaban J connectivity index is 1.28. The molecule has 0 aliphatic rings. The van der Waals surface area contributed by atoms with Crippen LogP contribution < -0.4 is 9.80 Å². The zero-order valence-corrected chi connectivity index (χ0v) is 32.3. The first kappa shape index (κ1) is 33.8. The van der Waals surface area contributed by atoms with Gasteiger partial charge in [-0.15, -0.1) is 0 Å². The van der Waals surface area contributed by atoms with E-state index in [0.29, 0.717) is 0 Å². The average Bonchev–Trinajstić information content (AvgIpc) is 4.06. The highest BCUT2D eigenvalue weighted by atomic mass is 19.1. The van der Waals surface area contributed by atoms with Crippen molar-refractivity contribution in [2.45, 2.75) is 0 Å². The summed E-state index contributed by atoms with van der Waals surface area (Å²) >= 11 is 0. The van der Waals surface area contributed by atoms with Crippen LogP contribution in [0.4, 0.5) is 42.9 Å². The minimum absolute atomic E-state index is 0.304. The molecule has 0 amide bonds. The molecule has 0 N–H and O–H groups in total. The Morgan fingerprint density at radius 3 is 1.16 bits per heavy atom. The topological polar surface area (TPSA) is 37.2 Å². The van der Waals surface area contributed by atoms with Crippen LogP contribution in [0.1, 0.15) is 0 Å². The van der Waals surface area contributed by atoms with Crippen LogP contribution in [0.3, 0.4) is 0 Å². The molecule has 0 spiro atoms. The Labute approximate surface area is 346 Å². The van der Waals surface area contributed by atoms with Crippen molar-refractivity contribution in [3.63, 3.8) is 0 Å². The second-order valence-corrected chi connectivity index (χ2v) is 15.5. The summed E-state index contributed by atoms with van der Waals surface area (Å²) in [5, 5.41) is 7.87. The van der Waals surface area contributed by atoms with E-state index in [1.807, 2.05) is 97.1 Å². The summed E-state index contributed by atoms with van der Waals surface area (Å²) < 4.78 is 45.5. The van der Waals surface area contributed by atoms with Crippen molar-refractivity contribution < 1.29 is 17.6 Å². The number of hydrogen-bond donors (Lipinski definition) is 0. The molecule has 0 aliphatic heterocycles. The number of benzene rings is 9. The normalized spacial score (nSPS) is 12.1. The molecule has 9 aromatic carbocycles. The highest BCUT2D eigenvalue weighted by Crippen LogP contribution is 2.54. The maximum absolute atomic E-state index is 14.6. The second-order valence-electron chi connectivity index (χ2n) is 15.5. The summed E-state index contributed by atoms with van der Waals surface area (Å²) in [4.78, 5) is 4.42. The minimum atomic E-state index is -0.304. The first-order valence-electron chi connectivity index (χ1n) is 20.2. The molecule has 61 heavy (non-hydrogen) atoms. The summed E-state index contributed by atoms with van der Waals surface area (Å²) in [6, 6.07) is 61.0. The number of nitrogens with zero attached hydrogens (tertiary/aromatic N) is 3. The predicted octanol–water partition coefficient (Wildman–Crippen LogP) is 15.9. The van der Waals surface area contributed by atoms with E-state index in [-0.39, 0.29) is 11.6 Å². The van der Waals surface area contributed by atoms with E-state index >= 15 is 0 Å². The quantitative estimate of drug-likeness (QED) is 0.168. The smallest absolute Gasteiger partial charge is 0.160 e. The Morgan fingerprint density at radius 2 is 0.721 bits per heavy atom. The molecule has 0 unspecified atom stereocenters. The lowest BCUT2D eigenvalue weighted by Crippen LogP contribution is -2.11. The van der Waals surface area contributed by atoms with E-state index < -0.39 is 0 Å². The Hall–Kier alpha value is -8.16. The van der Waals surface area contributed by atoms with Crippen LogP contribution in [0.15, 0.2) is 197 Å². The molecule has 13 rings (SSSR count). The van der Waals surface area contributed by atoms with Gasteiger partial charge in [-0.05, 0) is 97.1 Å². The third-order valence-corrected chi connectivity index (χ3v) is 12.2. The monoisotopic (exact) mass is 791 g/mol. The van der Waals surface area contributed by atoms with Crippen LogP contribution in [0.2, 0.25) is 0 Å². The third kappa shape index (κ3) is 4.80. The first-order valence-corrected chi connectivity index (χ1v) is 20.2. The summed E-state index contributed by atoms with van der Waals surface area (Å²) in [6.45, 7) is 0. The summed E-state index contributed by atoms with van der Waals surface area (Å²) in [7, 11) is 0. The van der Waals surface area contributed by atoms with Gasteiger partial charge in [0.25, 0.3) is 0 Å². The fourth-order valence-corrected chi connectivity index (χ4v) is 9.68. The maximum atomic E-state index is 14.6. The highest BCUT2D eigenvalue weighted by Gasteiger charge is 2.31. The van der Waals surface area contributed by atoms with Crippen molar-refractivity contribution in [3.05, 3.63) is 200 Å². The molecule has 0 bridgehead atoms. The van der Waals surface area contributed by atoms with E-state index in [9.17, 15) is 8.78 Å². The molecule has 7 heteroatoms. The molecule has 0 saturated carbocycles. The van der Waals surface area contributed by atoms with E-state index in [4.69, 9.17) is 8.83 Å². The van der Waals surface area contributed by atoms with Crippen molar-refractivity contribution in [1.82, 2.24) is 4.40 Å². The van der Waals surface area contributed by atoms with Gasteiger partial charge in [0.15, 0.2) is 11.2 Å². The van der Waals surface area contributed by atoms with Crippen LogP contribution in [0.25, 0.3) is 82.0 Å². The lowest BCUT2D eigenvalue weighted by Gasteiger charge is -2.27. The van der Waals surface area contributed by atoms with Gasteiger partial charge in [0.2, 0.25) is 0 Å². The fourth-order valence-electron chi connectivity index (χ4n) is 9.68. The molecular formula is C54H31F2N3O2. The SMILES string of the molecule is Fc1ccc(N(c2ccccc2)c2cc3c4ccccc4oc3c3c2c2cccc4c5c(N(c6ccccc6)c6ccc(F)cc6)cc6c7ccccc7oc6c5n3c24)cc1. The van der Waals surface area contributed by atoms with Crippen LogP contribution in [0, 0.1) is 11.6 Å². The van der Waals surface area contributed by atoms with Crippen molar-refractivity contribution in [1.29, 1.82) is 0 Å². The van der Waals surface area contributed by atoms with E-state index in [1.54, 1.807) is 0 Å². The van der Waals surface area contributed by atoms with Crippen molar-refractivity contribution in [2.75, 3.05) is 9.80 Å². The van der Waals surface area contributed by atoms with Gasteiger partial charge in [0, 0.05) is 65.8 Å². The largest absolute Gasteiger partial charge is 0.454 e. The first-order chi connectivity index (χ1) is 30.1. The number of anilines is 6. The molecule has 5 nitrogen and oxygen atoms in total. The standard InChI is InChI=1S/C54H31F2N3O2/c55-32-22-26-36(27-23-32)57(34-12-3-1-4-13-34)44-30-42-38-16-7-9-20-46(38)60-53(42)51-48(44)40-18-11-19-41-49-45(58(35-14-5-2-6-15-35)37-28-24-33(56)25-29-37)31-43-39-17-8-10-21-47(39)61-54(43)52(49)59(51)50(40)41/h1-31H. The Morgan fingerprint density at radius 1 is 0.344 bits per heavy atom. The summed E-state index contributed by atoms with van der Waals surface area (Å²) in [5.41, 5.74) is 11.2. The van der Waals surface area contributed by atoms with Crippen molar-refractivity contribution in [3.8, 4) is 0 Å². The lowest BCUT2D eigenvalue weighted by atomic mass is 10.0. The van der Waals surface area contributed by atoms with E-state index in [1.165, 1.54) is 24.3 Å². The third-order valence-electron chi connectivity index (χ3n) is 12.2. The van der Waals surface area contributed by atoms with Gasteiger partial charge in [-0.2, -0.15) is 0 Å². The van der Waals surface area contributed by atoms with Gasteiger partial charge in [-0.25, -0.2) is 8.78 Å². The molecule has 13 aromatic rings. The molecule has 288 valence electrons. The van der Waals surface area contributed by atoms with Crippen LogP contribution >= 0.6 is 0 Å². The number of furan rings is 2. The average molecular weight is 792 g/mol. The second kappa shape index (κ2) is 12.7. The molecule has 4 aromatic heterocycles. The van der Waals surface area contributed by atoms with Crippen molar-refractivity contribution in [2.24, 2.45) is 0 Å². The molecule has 0 aliphatic carbocycles. The van der Waals surface area contributed by atoms with Gasteiger partial charge < -0.3 is 23.0 Å². The van der Waals surface area contributed by atoms with Gasteiger partial charge >= 0.3 is 0 Å². The zero-order chi connectivity index (χ0) is 40.3. The lowest BCUT2D eigenvalue weighted by molar-refractivity contribution is 0.627. The molecule has 0 atom stereocenters. The summed E-state index contributed by atoms with van der Waals surface area (Å²) in [6.07, 6.45) is 0. The van der Waals surface area contributed by atoms with E-state index in [2.05, 4.69) is 80.9 Å². The van der Waals surface area contributed by atoms with Gasteiger partial charge in [0.05, 0.1) is 16.9 Å². The van der Waals surface area contributed by atoms with Gasteiger partial charge in [-0.1, -0.05) is 91.0 Å². The van der Waals surface area contributed by atoms with Gasteiger partial charge in [-0.3, -0.25) is 0 Å². The van der Waals surface area contributed by atoms with Gasteiger partial charge in [0.1, 0.15) is 33.8 Å². The Bertz CT molecular complexity index is 3590. The number of rotatable bonds is 6. The zero-order valence-electron chi connectivity index (χ0n) is 32.3. The summed E-state index contributed by atoms with van der Waals surface area (Å²) in [5.74, 6) is -0.609. The molecule has 0 saturated heterocycles.